The fourth-order valence-electron chi connectivity index (χ4n) is 3.04. The Balaban J connectivity index is 1.65. The second-order valence-corrected chi connectivity index (χ2v) is 6.23. The summed E-state index contributed by atoms with van der Waals surface area (Å²) in [6.45, 7) is 0.572. The Hall–Kier alpha value is -3.62. The van der Waals surface area contributed by atoms with Crippen LogP contribution in [-0.4, -0.2) is 47.1 Å². The SMILES string of the molecule is COc1cc(OCC(=O)N2CCc3ccc(C(=O)O)cc3C2)ccc1[N+](=O)[O-]. The minimum atomic E-state index is -1.01. The number of carbonyl (C=O) groups is 2. The summed E-state index contributed by atoms with van der Waals surface area (Å²) in [4.78, 5) is 35.5. The number of hydrogen-bond donors (Lipinski definition) is 1. The van der Waals surface area contributed by atoms with Gasteiger partial charge >= 0.3 is 11.7 Å². The molecule has 1 aliphatic rings. The predicted molar refractivity (Wildman–Crippen MR) is 97.7 cm³/mol. The Labute approximate surface area is 160 Å². The average Bonchev–Trinajstić information content (AvgIpc) is 2.70. The maximum Gasteiger partial charge on any atom is 0.335 e. The molecule has 28 heavy (non-hydrogen) atoms. The lowest BCUT2D eigenvalue weighted by atomic mass is 9.97. The van der Waals surface area contributed by atoms with Crippen LogP contribution < -0.4 is 9.47 Å². The summed E-state index contributed by atoms with van der Waals surface area (Å²) < 4.78 is 10.4. The van der Waals surface area contributed by atoms with E-state index in [9.17, 15) is 19.7 Å². The molecule has 0 saturated carbocycles. The Bertz CT molecular complexity index is 942. The van der Waals surface area contributed by atoms with E-state index in [0.717, 1.165) is 11.1 Å². The number of carboxylic acids is 1. The second-order valence-electron chi connectivity index (χ2n) is 6.23. The van der Waals surface area contributed by atoms with Gasteiger partial charge in [-0.05, 0) is 35.7 Å². The quantitative estimate of drug-likeness (QED) is 0.597. The number of hydrogen-bond acceptors (Lipinski definition) is 6. The molecular formula is C19H18N2O7. The van der Waals surface area contributed by atoms with E-state index in [-0.39, 0.29) is 35.3 Å². The van der Waals surface area contributed by atoms with Gasteiger partial charge in [0.25, 0.3) is 5.91 Å². The topological polar surface area (TPSA) is 119 Å². The number of benzene rings is 2. The van der Waals surface area contributed by atoms with Crippen molar-refractivity contribution >= 4 is 17.6 Å². The molecule has 0 bridgehead atoms. The standard InChI is InChI=1S/C19H18N2O7/c1-27-17-9-15(4-5-16(17)21(25)26)28-11-18(22)20-7-6-12-2-3-13(19(23)24)8-14(12)10-20/h2-5,8-9H,6-7,10-11H2,1H3,(H,23,24). The Morgan fingerprint density at radius 1 is 1.21 bits per heavy atom. The van der Waals surface area contributed by atoms with E-state index in [2.05, 4.69) is 0 Å². The highest BCUT2D eigenvalue weighted by atomic mass is 16.6. The number of nitro groups is 1. The first-order chi connectivity index (χ1) is 13.4. The molecule has 1 N–H and O–H groups in total. The smallest absolute Gasteiger partial charge is 0.335 e. The molecule has 0 radical (unpaired) electrons. The van der Waals surface area contributed by atoms with Crippen molar-refractivity contribution in [3.63, 3.8) is 0 Å². The lowest BCUT2D eigenvalue weighted by Crippen LogP contribution is -2.38. The van der Waals surface area contributed by atoms with Crippen LogP contribution in [0.5, 0.6) is 11.5 Å². The van der Waals surface area contributed by atoms with Crippen LogP contribution in [0.2, 0.25) is 0 Å². The highest BCUT2D eigenvalue weighted by molar-refractivity contribution is 5.88. The van der Waals surface area contributed by atoms with Gasteiger partial charge in [0.2, 0.25) is 5.75 Å². The zero-order valence-electron chi connectivity index (χ0n) is 15.1. The normalized spacial score (nSPS) is 12.8. The summed E-state index contributed by atoms with van der Waals surface area (Å²) in [5.74, 6) is -0.949. The lowest BCUT2D eigenvalue weighted by molar-refractivity contribution is -0.385. The molecule has 0 unspecified atom stereocenters. The average molecular weight is 386 g/mol. The molecule has 0 saturated heterocycles. The van der Waals surface area contributed by atoms with Crippen molar-refractivity contribution in [1.29, 1.82) is 0 Å². The molecule has 0 aliphatic carbocycles. The first kappa shape index (κ1) is 19.2. The number of nitro benzene ring substituents is 1. The van der Waals surface area contributed by atoms with Crippen molar-refractivity contribution in [1.82, 2.24) is 4.90 Å². The van der Waals surface area contributed by atoms with Gasteiger partial charge < -0.3 is 19.5 Å². The number of fused-ring (bicyclic) bond motifs is 1. The molecule has 3 rings (SSSR count). The molecule has 1 heterocycles. The van der Waals surface area contributed by atoms with Gasteiger partial charge in [-0.3, -0.25) is 14.9 Å². The van der Waals surface area contributed by atoms with Crippen LogP contribution in [-0.2, 0) is 17.8 Å². The second kappa shape index (κ2) is 7.95. The Morgan fingerprint density at radius 3 is 2.68 bits per heavy atom. The predicted octanol–water partition coefficient (Wildman–Crippen LogP) is 2.27. The van der Waals surface area contributed by atoms with E-state index in [1.165, 1.54) is 25.3 Å². The van der Waals surface area contributed by atoms with E-state index in [1.807, 2.05) is 0 Å². The number of amides is 1. The van der Waals surface area contributed by atoms with E-state index in [4.69, 9.17) is 14.6 Å². The van der Waals surface area contributed by atoms with Crippen molar-refractivity contribution in [3.8, 4) is 11.5 Å². The monoisotopic (exact) mass is 386 g/mol. The molecule has 0 aromatic heterocycles. The molecule has 0 fully saturated rings. The van der Waals surface area contributed by atoms with Crippen molar-refractivity contribution in [2.75, 3.05) is 20.3 Å². The Kier molecular flexibility index (Phi) is 5.44. The fourth-order valence-corrected chi connectivity index (χ4v) is 3.04. The first-order valence-corrected chi connectivity index (χ1v) is 8.47. The number of ether oxygens (including phenoxy) is 2. The van der Waals surface area contributed by atoms with Gasteiger partial charge in [0, 0.05) is 25.2 Å². The maximum atomic E-state index is 12.5. The zero-order valence-corrected chi connectivity index (χ0v) is 15.1. The Morgan fingerprint density at radius 2 is 2.00 bits per heavy atom. The van der Waals surface area contributed by atoms with Gasteiger partial charge in [-0.25, -0.2) is 4.79 Å². The minimum Gasteiger partial charge on any atom is -0.490 e. The number of carbonyl (C=O) groups excluding carboxylic acids is 1. The van der Waals surface area contributed by atoms with Crippen LogP contribution in [0.25, 0.3) is 0 Å². The van der Waals surface area contributed by atoms with Crippen molar-refractivity contribution in [3.05, 3.63) is 63.2 Å². The number of carboxylic acid groups (broad SMARTS) is 1. The highest BCUT2D eigenvalue weighted by Crippen LogP contribution is 2.30. The van der Waals surface area contributed by atoms with E-state index < -0.39 is 10.9 Å². The summed E-state index contributed by atoms with van der Waals surface area (Å²) in [5, 5.41) is 20.0. The largest absolute Gasteiger partial charge is 0.490 e. The lowest BCUT2D eigenvalue weighted by Gasteiger charge is -2.29. The zero-order chi connectivity index (χ0) is 20.3. The van der Waals surface area contributed by atoms with Gasteiger partial charge in [0.1, 0.15) is 5.75 Å². The van der Waals surface area contributed by atoms with E-state index in [1.54, 1.807) is 23.1 Å². The molecule has 1 amide bonds. The number of methoxy groups -OCH3 is 1. The van der Waals surface area contributed by atoms with Crippen molar-refractivity contribution in [2.45, 2.75) is 13.0 Å². The third-order valence-corrected chi connectivity index (χ3v) is 4.53. The molecule has 2 aromatic rings. The number of rotatable bonds is 6. The molecule has 146 valence electrons. The van der Waals surface area contributed by atoms with Crippen LogP contribution in [0.15, 0.2) is 36.4 Å². The minimum absolute atomic E-state index is 0.0445. The van der Waals surface area contributed by atoms with E-state index >= 15 is 0 Å². The number of nitrogens with zero attached hydrogens (tertiary/aromatic N) is 2. The van der Waals surface area contributed by atoms with Crippen LogP contribution >= 0.6 is 0 Å². The van der Waals surface area contributed by atoms with Gasteiger partial charge in [-0.1, -0.05) is 6.07 Å². The summed E-state index contributed by atoms with van der Waals surface area (Å²) in [7, 11) is 1.31. The summed E-state index contributed by atoms with van der Waals surface area (Å²) in [6.07, 6.45) is 0.631. The van der Waals surface area contributed by atoms with Crippen LogP contribution in [0, 0.1) is 10.1 Å². The molecular weight excluding hydrogens is 368 g/mol. The molecule has 9 heteroatoms. The van der Waals surface area contributed by atoms with Gasteiger partial charge in [-0.15, -0.1) is 0 Å². The molecule has 1 aliphatic heterocycles. The van der Waals surface area contributed by atoms with Crippen molar-refractivity contribution in [2.24, 2.45) is 0 Å². The van der Waals surface area contributed by atoms with Crippen LogP contribution in [0.1, 0.15) is 21.5 Å². The summed E-state index contributed by atoms with van der Waals surface area (Å²) in [5.41, 5.74) is 1.82. The van der Waals surface area contributed by atoms with Gasteiger partial charge in [-0.2, -0.15) is 0 Å². The molecule has 2 aromatic carbocycles. The maximum absolute atomic E-state index is 12.5. The fraction of sp³-hybridized carbons (Fsp3) is 0.263. The highest BCUT2D eigenvalue weighted by Gasteiger charge is 2.22. The molecule has 0 spiro atoms. The summed E-state index contributed by atoms with van der Waals surface area (Å²) in [6, 6.07) is 8.93. The van der Waals surface area contributed by atoms with Gasteiger partial charge in [0.05, 0.1) is 17.6 Å². The van der Waals surface area contributed by atoms with Gasteiger partial charge in [0.15, 0.2) is 6.61 Å². The summed E-state index contributed by atoms with van der Waals surface area (Å²) >= 11 is 0. The van der Waals surface area contributed by atoms with Crippen LogP contribution in [0.4, 0.5) is 5.69 Å². The third kappa shape index (κ3) is 4.03. The number of aromatic carboxylic acids is 1. The third-order valence-electron chi connectivity index (χ3n) is 4.53. The van der Waals surface area contributed by atoms with E-state index in [0.29, 0.717) is 19.5 Å². The first-order valence-electron chi connectivity index (χ1n) is 8.47. The van der Waals surface area contributed by atoms with Crippen LogP contribution in [0.3, 0.4) is 0 Å². The molecule has 0 atom stereocenters. The van der Waals surface area contributed by atoms with Crippen molar-refractivity contribution < 1.29 is 29.1 Å². The molecule has 9 nitrogen and oxygen atoms in total.